The van der Waals surface area contributed by atoms with Gasteiger partial charge < -0.3 is 26.3 Å². The van der Waals surface area contributed by atoms with Crippen molar-refractivity contribution >= 4 is 52.6 Å². The number of aromatic nitrogens is 1. The van der Waals surface area contributed by atoms with Crippen LogP contribution in [0.5, 0.6) is 0 Å². The molecule has 5 amide bonds. The maximum Gasteiger partial charge on any atom is 0.264 e. The van der Waals surface area contributed by atoms with Crippen LogP contribution in [0.3, 0.4) is 0 Å². The summed E-state index contributed by atoms with van der Waals surface area (Å²) in [7, 11) is 0. The van der Waals surface area contributed by atoms with E-state index in [1.807, 2.05) is 6.92 Å². The number of anilines is 2. The van der Waals surface area contributed by atoms with E-state index in [4.69, 9.17) is 0 Å². The van der Waals surface area contributed by atoms with E-state index in [1.54, 1.807) is 31.2 Å². The predicted molar refractivity (Wildman–Crippen MR) is 180 cm³/mol. The number of halogens is 1. The molecule has 0 radical (unpaired) electrons. The molecule has 48 heavy (non-hydrogen) atoms. The normalized spacial score (nSPS) is 17.8. The number of aromatic amines is 1. The summed E-state index contributed by atoms with van der Waals surface area (Å²) in [6.45, 7) is 8.45. The number of aryl methyl sites for hydroxylation is 1. The Bertz CT molecular complexity index is 1910. The lowest BCUT2D eigenvalue weighted by Crippen LogP contribution is -2.51. The average molecular weight is 653 g/mol. The topological polar surface area (TPSA) is 152 Å². The van der Waals surface area contributed by atoms with Crippen LogP contribution in [-0.4, -0.2) is 58.6 Å². The van der Waals surface area contributed by atoms with E-state index in [0.717, 1.165) is 30.6 Å². The van der Waals surface area contributed by atoms with Gasteiger partial charge in [-0.3, -0.25) is 28.9 Å². The van der Waals surface area contributed by atoms with Gasteiger partial charge in [0.15, 0.2) is 0 Å². The molecule has 11 nitrogen and oxygen atoms in total. The first-order valence-corrected chi connectivity index (χ1v) is 16.1. The maximum atomic E-state index is 13.8. The lowest BCUT2D eigenvalue weighted by Gasteiger charge is -2.29. The number of benzene rings is 2. The third-order valence-electron chi connectivity index (χ3n) is 9.04. The Morgan fingerprint density at radius 3 is 2.54 bits per heavy atom. The predicted octanol–water partition coefficient (Wildman–Crippen LogP) is 5.05. The molecule has 0 bridgehead atoms. The van der Waals surface area contributed by atoms with Crippen LogP contribution in [0.25, 0.3) is 11.6 Å². The third kappa shape index (κ3) is 6.13. The lowest BCUT2D eigenvalue weighted by atomic mass is 10.0. The van der Waals surface area contributed by atoms with Gasteiger partial charge >= 0.3 is 0 Å². The Kier molecular flexibility index (Phi) is 8.99. The molecule has 1 unspecified atom stereocenters. The summed E-state index contributed by atoms with van der Waals surface area (Å²) in [4.78, 5) is 68.8. The summed E-state index contributed by atoms with van der Waals surface area (Å²) in [6.07, 6.45) is 5.83. The molecule has 0 saturated carbocycles. The first-order chi connectivity index (χ1) is 23.0. The van der Waals surface area contributed by atoms with Crippen LogP contribution >= 0.6 is 0 Å². The monoisotopic (exact) mass is 652 g/mol. The Balaban J connectivity index is 0.966. The number of fused-ring (bicyclic) bond motifs is 2. The molecule has 1 aromatic heterocycles. The molecular formula is C36H37FN6O5. The van der Waals surface area contributed by atoms with Gasteiger partial charge in [-0.1, -0.05) is 25.5 Å². The minimum absolute atomic E-state index is 0.211. The van der Waals surface area contributed by atoms with Gasteiger partial charge in [-0.25, -0.2) is 4.39 Å². The molecule has 2 aromatic carbocycles. The first kappa shape index (κ1) is 32.4. The highest BCUT2D eigenvalue weighted by atomic mass is 19.1. The van der Waals surface area contributed by atoms with Gasteiger partial charge in [0.1, 0.15) is 11.9 Å². The van der Waals surface area contributed by atoms with Crippen LogP contribution in [0.1, 0.15) is 92.1 Å². The summed E-state index contributed by atoms with van der Waals surface area (Å²) in [5.41, 5.74) is 5.58. The van der Waals surface area contributed by atoms with Crippen LogP contribution in [0.15, 0.2) is 48.7 Å². The molecule has 1 fully saturated rings. The smallest absolute Gasteiger partial charge is 0.264 e. The van der Waals surface area contributed by atoms with Crippen LogP contribution in [0.4, 0.5) is 15.8 Å². The number of carbonyl (C=O) groups excluding carboxylic acids is 5. The van der Waals surface area contributed by atoms with Gasteiger partial charge in [0.25, 0.3) is 23.6 Å². The quantitative estimate of drug-likeness (QED) is 0.111. The van der Waals surface area contributed by atoms with Crippen molar-refractivity contribution in [2.24, 2.45) is 0 Å². The van der Waals surface area contributed by atoms with Crippen molar-refractivity contribution in [1.82, 2.24) is 20.5 Å². The van der Waals surface area contributed by atoms with E-state index in [0.29, 0.717) is 87.8 Å². The Labute approximate surface area is 277 Å². The van der Waals surface area contributed by atoms with E-state index >= 15 is 0 Å². The zero-order valence-corrected chi connectivity index (χ0v) is 26.8. The molecule has 1 saturated heterocycles. The highest BCUT2D eigenvalue weighted by Gasteiger charge is 2.45. The molecule has 3 aliphatic heterocycles. The van der Waals surface area contributed by atoms with Gasteiger partial charge in [-0.15, -0.1) is 0 Å². The second-order valence-electron chi connectivity index (χ2n) is 12.3. The van der Waals surface area contributed by atoms with Crippen molar-refractivity contribution in [2.75, 3.05) is 23.7 Å². The first-order valence-electron chi connectivity index (χ1n) is 16.1. The molecule has 0 aliphatic carbocycles. The molecule has 5 N–H and O–H groups in total. The van der Waals surface area contributed by atoms with Gasteiger partial charge in [0, 0.05) is 47.1 Å². The molecule has 1 atom stereocenters. The number of unbranched alkanes of at least 4 members (excludes halogenated alkanes) is 3. The molecule has 4 heterocycles. The van der Waals surface area contributed by atoms with E-state index < -0.39 is 29.6 Å². The number of rotatable bonds is 11. The molecule has 12 heteroatoms. The molecule has 3 aromatic rings. The Morgan fingerprint density at radius 1 is 1.00 bits per heavy atom. The number of nitrogens with one attached hydrogen (secondary N) is 5. The fourth-order valence-corrected chi connectivity index (χ4v) is 6.57. The zero-order chi connectivity index (χ0) is 34.1. The average Bonchev–Trinajstić information content (AvgIpc) is 3.61. The summed E-state index contributed by atoms with van der Waals surface area (Å²) in [5.74, 6) is -2.31. The van der Waals surface area contributed by atoms with Crippen LogP contribution < -0.4 is 21.3 Å². The van der Waals surface area contributed by atoms with Gasteiger partial charge in [0.05, 0.1) is 22.3 Å². The number of H-pyrrole nitrogens is 1. The fourth-order valence-electron chi connectivity index (χ4n) is 6.57. The van der Waals surface area contributed by atoms with Crippen molar-refractivity contribution in [3.63, 3.8) is 0 Å². The van der Waals surface area contributed by atoms with E-state index in [1.165, 1.54) is 18.2 Å². The highest BCUT2D eigenvalue weighted by Crippen LogP contribution is 2.35. The summed E-state index contributed by atoms with van der Waals surface area (Å²) >= 11 is 0. The van der Waals surface area contributed by atoms with E-state index in [9.17, 15) is 28.4 Å². The number of piperidine rings is 1. The molecule has 248 valence electrons. The number of imide groups is 1. The summed E-state index contributed by atoms with van der Waals surface area (Å²) in [5, 5.41) is 11.6. The van der Waals surface area contributed by atoms with Crippen molar-refractivity contribution in [3.05, 3.63) is 93.7 Å². The van der Waals surface area contributed by atoms with Gasteiger partial charge in [-0.05, 0) is 81.5 Å². The van der Waals surface area contributed by atoms with Crippen LogP contribution in [0.2, 0.25) is 0 Å². The second kappa shape index (κ2) is 13.3. The van der Waals surface area contributed by atoms with Crippen LogP contribution in [-0.2, 0) is 9.59 Å². The number of amides is 5. The molecule has 3 aliphatic rings. The van der Waals surface area contributed by atoms with E-state index in [-0.39, 0.29) is 11.8 Å². The van der Waals surface area contributed by atoms with Crippen molar-refractivity contribution in [1.29, 1.82) is 0 Å². The van der Waals surface area contributed by atoms with Crippen molar-refractivity contribution < 1.29 is 28.4 Å². The van der Waals surface area contributed by atoms with Crippen molar-refractivity contribution in [3.8, 4) is 0 Å². The number of carbonyl (C=O) groups is 5. The van der Waals surface area contributed by atoms with Gasteiger partial charge in [0.2, 0.25) is 5.91 Å². The Hall–Kier alpha value is -5.52. The number of nitrogens with zero attached hydrogens (tertiary/aromatic N) is 1. The minimum Gasteiger partial charge on any atom is -0.384 e. The lowest BCUT2D eigenvalue weighted by molar-refractivity contribution is -0.125. The molecule has 0 spiro atoms. The van der Waals surface area contributed by atoms with Crippen LogP contribution in [0, 0.1) is 19.7 Å². The van der Waals surface area contributed by atoms with Crippen molar-refractivity contribution in [2.45, 2.75) is 58.4 Å². The number of allylic oxidation sites excluding steroid dienone is 1. The SMILES string of the molecule is C=C1CCC(N2C(=O)c3cccc(NCCCCCCNC(=O)c4c(C)[nH]c(/C=C5\C(=O)Nc6ccc(F)cc65)c4C)c3C2=O)C(=O)N1. The third-order valence-corrected chi connectivity index (χ3v) is 9.04. The maximum absolute atomic E-state index is 13.8. The highest BCUT2D eigenvalue weighted by molar-refractivity contribution is 6.35. The zero-order valence-electron chi connectivity index (χ0n) is 26.8. The standard InChI is InChI=1S/C36H37FN6O5/c1-19-11-14-29(33(45)40-19)43-35(47)23-9-8-10-27(31(23)36(43)48)38-15-6-4-5-7-16-39-34(46)30-20(2)28(41-21(30)3)18-25-24-17-22(37)12-13-26(24)42-32(25)44/h8-10,12-13,17-18,29,38,41H,1,4-7,11,14-16H2,2-3H3,(H,39,46)(H,40,45)(H,42,44)/b25-18-. The summed E-state index contributed by atoms with van der Waals surface area (Å²) < 4.78 is 13.8. The minimum atomic E-state index is -0.855. The fraction of sp³-hybridized carbons (Fsp3) is 0.306. The Morgan fingerprint density at radius 2 is 1.77 bits per heavy atom. The molecular weight excluding hydrogens is 615 g/mol. The van der Waals surface area contributed by atoms with Gasteiger partial charge in [-0.2, -0.15) is 0 Å². The van der Waals surface area contributed by atoms with E-state index in [2.05, 4.69) is 32.8 Å². The number of hydrogen-bond acceptors (Lipinski definition) is 6. The number of hydrogen-bond donors (Lipinski definition) is 5. The largest absolute Gasteiger partial charge is 0.384 e. The molecule has 6 rings (SSSR count). The summed E-state index contributed by atoms with van der Waals surface area (Å²) in [6, 6.07) is 8.37. The second-order valence-corrected chi connectivity index (χ2v) is 12.3.